The smallest absolute Gasteiger partial charge is 0.471 e. The van der Waals surface area contributed by atoms with Crippen LogP contribution in [0.5, 0.6) is 0 Å². The number of aliphatic hydroxyl groups is 1. The van der Waals surface area contributed by atoms with Gasteiger partial charge >= 0.3 is 18.1 Å². The quantitative estimate of drug-likeness (QED) is 0.260. The molecule has 46 heavy (non-hydrogen) atoms. The van der Waals surface area contributed by atoms with E-state index in [0.29, 0.717) is 21.2 Å². The van der Waals surface area contributed by atoms with Crippen LogP contribution in [0.3, 0.4) is 0 Å². The van der Waals surface area contributed by atoms with E-state index in [1.807, 2.05) is 19.1 Å². The predicted octanol–water partition coefficient (Wildman–Crippen LogP) is 5.35. The molecule has 5 atom stereocenters. The lowest BCUT2D eigenvalue weighted by Gasteiger charge is -2.41. The molecule has 2 fully saturated rings. The van der Waals surface area contributed by atoms with Crippen molar-refractivity contribution in [1.82, 2.24) is 9.88 Å². The minimum atomic E-state index is -5.08. The summed E-state index contributed by atoms with van der Waals surface area (Å²) in [5, 5.41) is 22.1. The van der Waals surface area contributed by atoms with Crippen molar-refractivity contribution in [3.8, 4) is 0 Å². The van der Waals surface area contributed by atoms with Gasteiger partial charge in [-0.3, -0.25) is 9.59 Å². The van der Waals surface area contributed by atoms with E-state index in [9.17, 15) is 37.8 Å². The zero-order valence-corrected chi connectivity index (χ0v) is 25.5. The van der Waals surface area contributed by atoms with Gasteiger partial charge in [-0.1, -0.05) is 43.3 Å². The number of thioether (sulfide) groups is 1. The number of benzene rings is 2. The van der Waals surface area contributed by atoms with Crippen LogP contribution in [0, 0.1) is 5.92 Å². The summed E-state index contributed by atoms with van der Waals surface area (Å²) in [5.41, 5.74) is 2.44. The van der Waals surface area contributed by atoms with Crippen molar-refractivity contribution >= 4 is 35.2 Å². The highest BCUT2D eigenvalue weighted by atomic mass is 32.2. The molecular formula is C32H32F3N3O7S. The number of aliphatic hydroxyl groups excluding tert-OH is 1. The molecular weight excluding hydrogens is 627 g/mol. The number of nitrogens with zero attached hydrogens (tertiary/aromatic N) is 2. The van der Waals surface area contributed by atoms with Gasteiger partial charge < -0.3 is 29.9 Å². The fourth-order valence-electron chi connectivity index (χ4n) is 5.57. The summed E-state index contributed by atoms with van der Waals surface area (Å²) in [6.45, 7) is 1.67. The summed E-state index contributed by atoms with van der Waals surface area (Å²) < 4.78 is 52.1. The van der Waals surface area contributed by atoms with Gasteiger partial charge in [-0.15, -0.1) is 11.8 Å². The van der Waals surface area contributed by atoms with E-state index in [0.717, 1.165) is 11.1 Å². The predicted molar refractivity (Wildman–Crippen MR) is 161 cm³/mol. The molecule has 0 unspecified atom stereocenters. The van der Waals surface area contributed by atoms with Crippen LogP contribution in [-0.2, 0) is 25.7 Å². The SMILES string of the molecule is C[C@H]1[C@@H](CSc2ncccc2C(=O)O)O[C@@H](c2cccc(NC(=O)[C@@H]3CCCN3C(=O)C(F)(F)F)c2)O[C@H]1c1ccc(CO)cc1. The number of aromatic nitrogens is 1. The lowest BCUT2D eigenvalue weighted by molar-refractivity contribution is -0.268. The van der Waals surface area contributed by atoms with Crippen molar-refractivity contribution < 1.29 is 47.2 Å². The molecule has 3 heterocycles. The van der Waals surface area contributed by atoms with E-state index in [4.69, 9.17) is 9.47 Å². The molecule has 0 bridgehead atoms. The van der Waals surface area contributed by atoms with Crippen molar-refractivity contribution in [3.05, 3.63) is 89.1 Å². The van der Waals surface area contributed by atoms with E-state index >= 15 is 0 Å². The van der Waals surface area contributed by atoms with Crippen LogP contribution in [0.15, 0.2) is 71.9 Å². The number of likely N-dealkylation sites (tertiary alicyclic amines) is 1. The fourth-order valence-corrected chi connectivity index (χ4v) is 6.72. The first kappa shape index (κ1) is 33.4. The van der Waals surface area contributed by atoms with Gasteiger partial charge in [0.25, 0.3) is 0 Å². The second kappa shape index (κ2) is 14.2. The molecule has 0 aliphatic carbocycles. The molecule has 3 N–H and O–H groups in total. The molecule has 1 aromatic heterocycles. The normalized spacial score (nSPS) is 23.2. The molecule has 10 nitrogen and oxygen atoms in total. The third kappa shape index (κ3) is 7.52. The second-order valence-electron chi connectivity index (χ2n) is 11.1. The number of carboxylic acid groups (broad SMARTS) is 1. The largest absolute Gasteiger partial charge is 0.478 e. The van der Waals surface area contributed by atoms with Gasteiger partial charge in [0.2, 0.25) is 5.91 Å². The van der Waals surface area contributed by atoms with Gasteiger partial charge in [0, 0.05) is 35.7 Å². The Kier molecular flexibility index (Phi) is 10.3. The van der Waals surface area contributed by atoms with Gasteiger partial charge in [0.05, 0.1) is 24.4 Å². The Morgan fingerprint density at radius 2 is 1.83 bits per heavy atom. The number of pyridine rings is 1. The minimum absolute atomic E-state index is 0.0705. The Hall–Kier alpha value is -3.98. The number of amides is 2. The van der Waals surface area contributed by atoms with Crippen LogP contribution in [0.4, 0.5) is 18.9 Å². The van der Waals surface area contributed by atoms with Crippen molar-refractivity contribution in [2.75, 3.05) is 17.6 Å². The fraction of sp³-hybridized carbons (Fsp3) is 0.375. The number of carbonyl (C=O) groups is 3. The van der Waals surface area contributed by atoms with Crippen LogP contribution in [0.2, 0.25) is 0 Å². The van der Waals surface area contributed by atoms with Gasteiger partial charge in [-0.25, -0.2) is 9.78 Å². The molecule has 0 saturated carbocycles. The first-order valence-electron chi connectivity index (χ1n) is 14.6. The maximum absolute atomic E-state index is 13.1. The van der Waals surface area contributed by atoms with E-state index in [1.165, 1.54) is 24.0 Å². The first-order valence-corrected chi connectivity index (χ1v) is 15.5. The Morgan fingerprint density at radius 1 is 1.07 bits per heavy atom. The minimum Gasteiger partial charge on any atom is -0.478 e. The maximum atomic E-state index is 13.1. The average molecular weight is 660 g/mol. The van der Waals surface area contributed by atoms with Crippen molar-refractivity contribution in [2.24, 2.45) is 5.92 Å². The molecule has 2 aliphatic heterocycles. The number of hydrogen-bond acceptors (Lipinski definition) is 8. The van der Waals surface area contributed by atoms with Gasteiger partial charge in [-0.2, -0.15) is 13.2 Å². The lowest BCUT2D eigenvalue weighted by Crippen LogP contribution is -2.48. The zero-order chi connectivity index (χ0) is 33.0. The van der Waals surface area contributed by atoms with Crippen LogP contribution in [-0.4, -0.2) is 68.5 Å². The number of rotatable bonds is 9. The molecule has 3 aromatic rings. The maximum Gasteiger partial charge on any atom is 0.471 e. The number of carboxylic acids is 1. The summed E-state index contributed by atoms with van der Waals surface area (Å²) in [6, 6.07) is 15.6. The molecule has 2 aromatic carbocycles. The number of nitrogens with one attached hydrogen (secondary N) is 1. The monoisotopic (exact) mass is 659 g/mol. The Morgan fingerprint density at radius 3 is 2.52 bits per heavy atom. The first-order chi connectivity index (χ1) is 22.0. The van der Waals surface area contributed by atoms with E-state index < -0.39 is 48.5 Å². The molecule has 2 amide bonds. The lowest BCUT2D eigenvalue weighted by atomic mass is 9.91. The summed E-state index contributed by atoms with van der Waals surface area (Å²) in [6.07, 6.45) is -5.04. The summed E-state index contributed by atoms with van der Waals surface area (Å²) in [4.78, 5) is 41.4. The second-order valence-corrected chi connectivity index (χ2v) is 12.1. The Bertz CT molecular complexity index is 1570. The van der Waals surface area contributed by atoms with E-state index in [2.05, 4.69) is 10.3 Å². The van der Waals surface area contributed by atoms with E-state index in [1.54, 1.807) is 42.5 Å². The van der Waals surface area contributed by atoms with Crippen LogP contribution >= 0.6 is 11.8 Å². The number of carbonyl (C=O) groups excluding carboxylic acids is 2. The van der Waals surface area contributed by atoms with Gasteiger partial charge in [0.1, 0.15) is 11.1 Å². The third-order valence-corrected chi connectivity index (χ3v) is 9.09. The van der Waals surface area contributed by atoms with Crippen molar-refractivity contribution in [2.45, 2.75) is 62.1 Å². The van der Waals surface area contributed by atoms with Crippen molar-refractivity contribution in [3.63, 3.8) is 0 Å². The number of aromatic carboxylic acids is 1. The van der Waals surface area contributed by atoms with Crippen LogP contribution in [0.25, 0.3) is 0 Å². The van der Waals surface area contributed by atoms with Gasteiger partial charge in [0.15, 0.2) is 6.29 Å². The van der Waals surface area contributed by atoms with Gasteiger partial charge in [-0.05, 0) is 48.2 Å². The molecule has 0 spiro atoms. The molecule has 14 heteroatoms. The van der Waals surface area contributed by atoms with Crippen LogP contribution in [0.1, 0.15) is 59.2 Å². The molecule has 5 rings (SSSR count). The molecule has 2 aliphatic rings. The highest BCUT2D eigenvalue weighted by molar-refractivity contribution is 7.99. The van der Waals surface area contributed by atoms with E-state index in [-0.39, 0.29) is 43.2 Å². The summed E-state index contributed by atoms with van der Waals surface area (Å²) >= 11 is 1.24. The Labute approximate surface area is 266 Å². The molecule has 2 saturated heterocycles. The average Bonchev–Trinajstić information content (AvgIpc) is 3.54. The topological polar surface area (TPSA) is 138 Å². The van der Waals surface area contributed by atoms with Crippen LogP contribution < -0.4 is 5.32 Å². The number of ether oxygens (including phenoxy) is 2. The molecule has 0 radical (unpaired) electrons. The Balaban J connectivity index is 1.37. The summed E-state index contributed by atoms with van der Waals surface area (Å²) in [7, 11) is 0. The molecule has 244 valence electrons. The number of halogens is 3. The zero-order valence-electron chi connectivity index (χ0n) is 24.6. The third-order valence-electron chi connectivity index (χ3n) is 7.99. The summed E-state index contributed by atoms with van der Waals surface area (Å²) in [5.74, 6) is -3.74. The standard InChI is InChI=1S/C32H32F3N3O7S/c1-18-25(17-46-28-23(29(41)42)7-3-13-36-28)44-30(45-26(18)20-11-9-19(16-39)10-12-20)21-5-2-6-22(15-21)37-27(40)24-8-4-14-38(24)31(43)32(33,34)35/h2-3,5-7,9-13,15,18,24-26,30,39H,4,8,14,16-17H2,1H3,(H,37,40)(H,41,42)/t18-,24-,25+,26+,30+/m0/s1. The number of alkyl halides is 3. The van der Waals surface area contributed by atoms with Crippen molar-refractivity contribution in [1.29, 1.82) is 0 Å². The number of hydrogen-bond donors (Lipinski definition) is 3. The number of anilines is 1. The highest BCUT2D eigenvalue weighted by Crippen LogP contribution is 2.43. The highest BCUT2D eigenvalue weighted by Gasteiger charge is 2.47.